The molecule has 3 heterocycles. The lowest BCUT2D eigenvalue weighted by atomic mass is 10.00. The molecule has 2 aromatic heterocycles. The fourth-order valence-electron chi connectivity index (χ4n) is 3.22. The van der Waals surface area contributed by atoms with Crippen LogP contribution in [0.1, 0.15) is 18.4 Å². The number of halogens is 1. The molecule has 6 nitrogen and oxygen atoms in total. The quantitative estimate of drug-likeness (QED) is 0.723. The van der Waals surface area contributed by atoms with Gasteiger partial charge in [-0.2, -0.15) is 5.26 Å². The molecular weight excluding hydrogens is 371 g/mol. The molecule has 0 radical (unpaired) electrons. The Hall–Kier alpha value is -3.79. The van der Waals surface area contributed by atoms with Crippen molar-refractivity contribution in [2.45, 2.75) is 18.9 Å². The van der Waals surface area contributed by atoms with E-state index in [1.165, 1.54) is 12.1 Å². The van der Waals surface area contributed by atoms with Crippen LogP contribution in [0.2, 0.25) is 0 Å². The van der Waals surface area contributed by atoms with Gasteiger partial charge in [0, 0.05) is 18.2 Å². The second kappa shape index (κ2) is 8.07. The molecule has 1 amide bonds. The first-order valence-electron chi connectivity index (χ1n) is 9.18. The van der Waals surface area contributed by atoms with Crippen molar-refractivity contribution in [2.24, 2.45) is 0 Å². The Morgan fingerprint density at radius 1 is 1.21 bits per heavy atom. The van der Waals surface area contributed by atoms with Gasteiger partial charge in [0.05, 0.1) is 17.4 Å². The van der Waals surface area contributed by atoms with Gasteiger partial charge < -0.3 is 10.1 Å². The highest BCUT2D eigenvalue weighted by Crippen LogP contribution is 2.33. The number of carbonyl (C=O) groups excluding carboxylic acids is 1. The van der Waals surface area contributed by atoms with E-state index in [-0.39, 0.29) is 35.8 Å². The molecule has 3 aromatic rings. The van der Waals surface area contributed by atoms with E-state index in [9.17, 15) is 14.4 Å². The Morgan fingerprint density at radius 3 is 2.69 bits per heavy atom. The molecule has 1 N–H and O–H groups in total. The fourth-order valence-corrected chi connectivity index (χ4v) is 3.22. The van der Waals surface area contributed by atoms with Crippen molar-refractivity contribution >= 4 is 5.91 Å². The van der Waals surface area contributed by atoms with E-state index >= 15 is 0 Å². The number of nitrogens with zero attached hydrogens (tertiary/aromatic N) is 3. The molecular formula is C22H17FN4O2. The van der Waals surface area contributed by atoms with Gasteiger partial charge in [-0.05, 0) is 42.3 Å². The molecule has 0 saturated carbocycles. The van der Waals surface area contributed by atoms with Crippen molar-refractivity contribution in [2.75, 3.05) is 6.61 Å². The van der Waals surface area contributed by atoms with Gasteiger partial charge in [0.15, 0.2) is 0 Å². The molecule has 29 heavy (non-hydrogen) atoms. The van der Waals surface area contributed by atoms with Crippen molar-refractivity contribution in [1.82, 2.24) is 15.3 Å². The maximum absolute atomic E-state index is 13.4. The lowest BCUT2D eigenvalue weighted by Crippen LogP contribution is -2.31. The smallest absolute Gasteiger partial charge is 0.233 e. The maximum Gasteiger partial charge on any atom is 0.233 e. The zero-order chi connectivity index (χ0) is 20.2. The molecule has 4 rings (SSSR count). The van der Waals surface area contributed by atoms with E-state index in [0.717, 1.165) is 0 Å². The van der Waals surface area contributed by atoms with E-state index in [4.69, 9.17) is 4.74 Å². The summed E-state index contributed by atoms with van der Waals surface area (Å²) < 4.78 is 19.2. The Balaban J connectivity index is 1.77. The molecule has 144 valence electrons. The fraction of sp³-hybridized carbons (Fsp3) is 0.182. The van der Waals surface area contributed by atoms with E-state index in [1.54, 1.807) is 30.5 Å². The standard InChI is InChI=1S/C22H17FN4O2/c23-15-6-4-14(5-7-15)17-11-20(19-3-1-2-10-25-19)27-22(18(17)12-24)29-13-16-8-9-21(28)26-16/h1-7,10-11,16H,8-9,13H2,(H,26,28)/t16-/m1/s1. The van der Waals surface area contributed by atoms with Crippen LogP contribution >= 0.6 is 0 Å². The Labute approximate surface area is 167 Å². The van der Waals surface area contributed by atoms with Gasteiger partial charge in [0.25, 0.3) is 0 Å². The highest BCUT2D eigenvalue weighted by Gasteiger charge is 2.23. The van der Waals surface area contributed by atoms with E-state index < -0.39 is 0 Å². The lowest BCUT2D eigenvalue weighted by molar-refractivity contribution is -0.119. The van der Waals surface area contributed by atoms with E-state index in [1.807, 2.05) is 12.1 Å². The average Bonchev–Trinajstić information content (AvgIpc) is 3.18. The van der Waals surface area contributed by atoms with Crippen molar-refractivity contribution < 1.29 is 13.9 Å². The van der Waals surface area contributed by atoms with Crippen molar-refractivity contribution in [3.8, 4) is 34.5 Å². The molecule has 1 saturated heterocycles. The normalized spacial score (nSPS) is 15.6. The van der Waals surface area contributed by atoms with Crippen molar-refractivity contribution in [1.29, 1.82) is 5.26 Å². The zero-order valence-corrected chi connectivity index (χ0v) is 15.4. The minimum Gasteiger partial charge on any atom is -0.475 e. The summed E-state index contributed by atoms with van der Waals surface area (Å²) in [7, 11) is 0. The Bertz CT molecular complexity index is 1080. The monoisotopic (exact) mass is 388 g/mol. The third-order valence-corrected chi connectivity index (χ3v) is 4.69. The molecule has 7 heteroatoms. The van der Waals surface area contributed by atoms with Gasteiger partial charge in [-0.25, -0.2) is 9.37 Å². The molecule has 0 spiro atoms. The zero-order valence-electron chi connectivity index (χ0n) is 15.4. The molecule has 1 aromatic carbocycles. The Morgan fingerprint density at radius 2 is 2.03 bits per heavy atom. The van der Waals surface area contributed by atoms with Gasteiger partial charge >= 0.3 is 0 Å². The van der Waals surface area contributed by atoms with E-state index in [0.29, 0.717) is 35.4 Å². The SMILES string of the molecule is N#Cc1c(-c2ccc(F)cc2)cc(-c2ccccn2)nc1OC[C@H]1CCC(=O)N1. The number of rotatable bonds is 5. The highest BCUT2D eigenvalue weighted by atomic mass is 19.1. The summed E-state index contributed by atoms with van der Waals surface area (Å²) in [6.45, 7) is 0.210. The summed E-state index contributed by atoms with van der Waals surface area (Å²) in [6, 6.07) is 15.1. The topological polar surface area (TPSA) is 87.9 Å². The molecule has 1 fully saturated rings. The third-order valence-electron chi connectivity index (χ3n) is 4.69. The average molecular weight is 388 g/mol. The number of aromatic nitrogens is 2. The summed E-state index contributed by atoms with van der Waals surface area (Å²) in [6.07, 6.45) is 2.79. The number of nitriles is 1. The van der Waals surface area contributed by atoms with Crippen LogP contribution in [0, 0.1) is 17.1 Å². The van der Waals surface area contributed by atoms with Crippen LogP contribution in [-0.4, -0.2) is 28.5 Å². The number of pyridine rings is 2. The minimum atomic E-state index is -0.361. The van der Waals surface area contributed by atoms with Crippen LogP contribution < -0.4 is 10.1 Å². The van der Waals surface area contributed by atoms with Crippen LogP contribution in [0.25, 0.3) is 22.5 Å². The van der Waals surface area contributed by atoms with Crippen molar-refractivity contribution in [3.05, 3.63) is 66.1 Å². The summed E-state index contributed by atoms with van der Waals surface area (Å²) in [5.41, 5.74) is 2.66. The lowest BCUT2D eigenvalue weighted by Gasteiger charge is -2.15. The largest absolute Gasteiger partial charge is 0.475 e. The number of benzene rings is 1. The molecule has 1 aliphatic rings. The number of nitrogens with one attached hydrogen (secondary N) is 1. The van der Waals surface area contributed by atoms with Gasteiger partial charge in [-0.1, -0.05) is 18.2 Å². The van der Waals surface area contributed by atoms with Crippen LogP contribution in [0.3, 0.4) is 0 Å². The molecule has 0 aliphatic carbocycles. The first-order valence-corrected chi connectivity index (χ1v) is 9.18. The summed E-state index contributed by atoms with van der Waals surface area (Å²) in [5.74, 6) is -0.211. The van der Waals surface area contributed by atoms with Gasteiger partial charge in [0.1, 0.15) is 24.1 Å². The van der Waals surface area contributed by atoms with Gasteiger partial charge in [-0.15, -0.1) is 0 Å². The second-order valence-electron chi connectivity index (χ2n) is 6.68. The van der Waals surface area contributed by atoms with Gasteiger partial charge in [0.2, 0.25) is 11.8 Å². The molecule has 0 unspecified atom stereocenters. The number of hydrogen-bond donors (Lipinski definition) is 1. The molecule has 1 atom stereocenters. The summed E-state index contributed by atoms with van der Waals surface area (Å²) in [5, 5.41) is 12.6. The molecule has 1 aliphatic heterocycles. The first kappa shape index (κ1) is 18.6. The van der Waals surface area contributed by atoms with Crippen LogP contribution in [0.15, 0.2) is 54.7 Å². The minimum absolute atomic E-state index is 0.0127. The molecule has 0 bridgehead atoms. The summed E-state index contributed by atoms with van der Waals surface area (Å²) in [4.78, 5) is 20.2. The highest BCUT2D eigenvalue weighted by molar-refractivity contribution is 5.78. The number of amides is 1. The number of hydrogen-bond acceptors (Lipinski definition) is 5. The van der Waals surface area contributed by atoms with Crippen LogP contribution in [0.5, 0.6) is 5.88 Å². The van der Waals surface area contributed by atoms with Crippen molar-refractivity contribution in [3.63, 3.8) is 0 Å². The number of carbonyl (C=O) groups is 1. The van der Waals surface area contributed by atoms with Gasteiger partial charge in [-0.3, -0.25) is 9.78 Å². The number of ether oxygens (including phenoxy) is 1. The van der Waals surface area contributed by atoms with Crippen LogP contribution in [-0.2, 0) is 4.79 Å². The Kier molecular flexibility index (Phi) is 5.16. The third kappa shape index (κ3) is 4.06. The predicted molar refractivity (Wildman–Crippen MR) is 104 cm³/mol. The van der Waals surface area contributed by atoms with E-state index in [2.05, 4.69) is 21.4 Å². The van der Waals surface area contributed by atoms with Crippen LogP contribution in [0.4, 0.5) is 4.39 Å². The summed E-state index contributed by atoms with van der Waals surface area (Å²) >= 11 is 0. The predicted octanol–water partition coefficient (Wildman–Crippen LogP) is 3.48. The maximum atomic E-state index is 13.4. The second-order valence-corrected chi connectivity index (χ2v) is 6.68. The first-order chi connectivity index (χ1) is 14.1.